The van der Waals surface area contributed by atoms with Crippen molar-refractivity contribution in [1.29, 1.82) is 0 Å². The summed E-state index contributed by atoms with van der Waals surface area (Å²) in [7, 11) is 0. The van der Waals surface area contributed by atoms with Crippen LogP contribution in [-0.2, 0) is 12.3 Å². The molecule has 0 radical (unpaired) electrons. The van der Waals surface area contributed by atoms with E-state index in [0.717, 1.165) is 16.8 Å². The summed E-state index contributed by atoms with van der Waals surface area (Å²) in [6.07, 6.45) is 5.89. The summed E-state index contributed by atoms with van der Waals surface area (Å²) in [6, 6.07) is 2.35. The fourth-order valence-corrected chi connectivity index (χ4v) is 2.68. The topological polar surface area (TPSA) is 82.5 Å². The zero-order valence-electron chi connectivity index (χ0n) is 9.86. The molecule has 1 aliphatic rings. The Bertz CT molecular complexity index is 522. The second-order valence-electron chi connectivity index (χ2n) is 4.16. The number of aromatic nitrogens is 5. The first-order valence-corrected chi connectivity index (χ1v) is 6.89. The molecule has 0 spiro atoms. The van der Waals surface area contributed by atoms with Crippen molar-refractivity contribution in [3.05, 3.63) is 30.1 Å². The van der Waals surface area contributed by atoms with Crippen LogP contribution in [0.25, 0.3) is 0 Å². The summed E-state index contributed by atoms with van der Waals surface area (Å²) in [5, 5.41) is 9.26. The third-order valence-electron chi connectivity index (χ3n) is 2.78. The van der Waals surface area contributed by atoms with Crippen molar-refractivity contribution < 1.29 is 0 Å². The predicted molar refractivity (Wildman–Crippen MR) is 67.8 cm³/mol. The minimum absolute atomic E-state index is 0.436. The molecular weight excluding hydrogens is 248 g/mol. The Balaban J connectivity index is 1.74. The molecule has 7 heteroatoms. The lowest BCUT2D eigenvalue weighted by atomic mass is 10.5. The first-order chi connectivity index (χ1) is 8.88. The first-order valence-electron chi connectivity index (χ1n) is 5.91. The highest BCUT2D eigenvalue weighted by Crippen LogP contribution is 2.38. The summed E-state index contributed by atoms with van der Waals surface area (Å²) in [5.74, 6) is 2.38. The van der Waals surface area contributed by atoms with E-state index in [1.165, 1.54) is 12.8 Å². The van der Waals surface area contributed by atoms with Crippen LogP contribution in [0, 0.1) is 0 Å². The van der Waals surface area contributed by atoms with Gasteiger partial charge >= 0.3 is 0 Å². The Kier molecular flexibility index (Phi) is 3.24. The second kappa shape index (κ2) is 5.03. The highest BCUT2D eigenvalue weighted by Gasteiger charge is 2.29. The van der Waals surface area contributed by atoms with E-state index in [1.54, 1.807) is 24.2 Å². The molecule has 0 aromatic carbocycles. The van der Waals surface area contributed by atoms with Crippen molar-refractivity contribution in [3.63, 3.8) is 0 Å². The first kappa shape index (κ1) is 11.6. The maximum absolute atomic E-state index is 5.68. The lowest BCUT2D eigenvalue weighted by molar-refractivity contribution is 0.626. The van der Waals surface area contributed by atoms with E-state index in [-0.39, 0.29) is 0 Å². The smallest absolute Gasteiger partial charge is 0.191 e. The van der Waals surface area contributed by atoms with Crippen LogP contribution in [0.5, 0.6) is 0 Å². The molecule has 1 fully saturated rings. The van der Waals surface area contributed by atoms with Gasteiger partial charge in [0, 0.05) is 18.4 Å². The average Bonchev–Trinajstić information content (AvgIpc) is 3.18. The van der Waals surface area contributed by atoms with E-state index in [4.69, 9.17) is 5.73 Å². The van der Waals surface area contributed by atoms with Crippen molar-refractivity contribution >= 4 is 11.8 Å². The van der Waals surface area contributed by atoms with Crippen LogP contribution in [0.1, 0.15) is 30.5 Å². The Morgan fingerprint density at radius 1 is 1.28 bits per heavy atom. The van der Waals surface area contributed by atoms with E-state index in [2.05, 4.69) is 24.7 Å². The molecule has 0 saturated heterocycles. The molecule has 18 heavy (non-hydrogen) atoms. The molecule has 0 amide bonds. The largest absolute Gasteiger partial charge is 0.324 e. The standard InChI is InChI=1S/C11H14N6S/c12-6-10-15-16-11(17(10)8-2-3-8)18-7-9-13-4-1-5-14-9/h1,4-5,8H,2-3,6-7,12H2. The van der Waals surface area contributed by atoms with E-state index >= 15 is 0 Å². The Morgan fingerprint density at radius 3 is 2.72 bits per heavy atom. The molecular formula is C11H14N6S. The van der Waals surface area contributed by atoms with Gasteiger partial charge in [-0.3, -0.25) is 0 Å². The third kappa shape index (κ3) is 2.37. The lowest BCUT2D eigenvalue weighted by Gasteiger charge is -2.06. The monoisotopic (exact) mass is 262 g/mol. The lowest BCUT2D eigenvalue weighted by Crippen LogP contribution is -2.08. The molecule has 0 unspecified atom stereocenters. The molecule has 94 valence electrons. The van der Waals surface area contributed by atoms with Crippen LogP contribution in [0.15, 0.2) is 23.6 Å². The van der Waals surface area contributed by atoms with Gasteiger partial charge in [-0.05, 0) is 18.9 Å². The molecule has 1 saturated carbocycles. The number of rotatable bonds is 5. The van der Waals surface area contributed by atoms with Crippen molar-refractivity contribution in [2.24, 2.45) is 5.73 Å². The third-order valence-corrected chi connectivity index (χ3v) is 3.72. The zero-order valence-corrected chi connectivity index (χ0v) is 10.7. The molecule has 0 bridgehead atoms. The maximum Gasteiger partial charge on any atom is 0.191 e. The highest BCUT2D eigenvalue weighted by atomic mass is 32.2. The van der Waals surface area contributed by atoms with Crippen molar-refractivity contribution in [2.75, 3.05) is 0 Å². The van der Waals surface area contributed by atoms with Gasteiger partial charge in [0.2, 0.25) is 0 Å². The van der Waals surface area contributed by atoms with Gasteiger partial charge in [0.25, 0.3) is 0 Å². The molecule has 1 aliphatic carbocycles. The summed E-state index contributed by atoms with van der Waals surface area (Å²) in [6.45, 7) is 0.436. The van der Waals surface area contributed by atoms with Crippen molar-refractivity contribution in [2.45, 2.75) is 36.3 Å². The second-order valence-corrected chi connectivity index (χ2v) is 5.10. The Hall–Kier alpha value is -1.47. The minimum Gasteiger partial charge on any atom is -0.324 e. The van der Waals surface area contributed by atoms with E-state index in [1.807, 2.05) is 6.07 Å². The summed E-state index contributed by atoms with van der Waals surface area (Å²) in [5.41, 5.74) is 5.68. The molecule has 3 rings (SSSR count). The fourth-order valence-electron chi connectivity index (χ4n) is 1.78. The van der Waals surface area contributed by atoms with Crippen molar-refractivity contribution in [3.8, 4) is 0 Å². The van der Waals surface area contributed by atoms with Crippen LogP contribution in [0.4, 0.5) is 0 Å². The van der Waals surface area contributed by atoms with Crippen LogP contribution in [0.2, 0.25) is 0 Å². The van der Waals surface area contributed by atoms with Gasteiger partial charge in [-0.1, -0.05) is 11.8 Å². The molecule has 6 nitrogen and oxygen atoms in total. The van der Waals surface area contributed by atoms with Gasteiger partial charge in [0.15, 0.2) is 5.16 Å². The molecule has 0 aliphatic heterocycles. The maximum atomic E-state index is 5.68. The van der Waals surface area contributed by atoms with Crippen LogP contribution >= 0.6 is 11.8 Å². The van der Waals surface area contributed by atoms with E-state index in [0.29, 0.717) is 18.3 Å². The van der Waals surface area contributed by atoms with E-state index < -0.39 is 0 Å². The van der Waals surface area contributed by atoms with E-state index in [9.17, 15) is 0 Å². The zero-order chi connectivity index (χ0) is 12.4. The number of nitrogens with zero attached hydrogens (tertiary/aromatic N) is 5. The predicted octanol–water partition coefficient (Wildman–Crippen LogP) is 1.15. The van der Waals surface area contributed by atoms with Gasteiger partial charge in [0.1, 0.15) is 11.6 Å². The number of hydrogen-bond donors (Lipinski definition) is 1. The molecule has 0 atom stereocenters. The van der Waals surface area contributed by atoms with Gasteiger partial charge < -0.3 is 10.3 Å². The highest BCUT2D eigenvalue weighted by molar-refractivity contribution is 7.98. The summed E-state index contributed by atoms with van der Waals surface area (Å²) >= 11 is 1.61. The SMILES string of the molecule is NCc1nnc(SCc2ncccn2)n1C1CC1. The van der Waals surface area contributed by atoms with Crippen LogP contribution in [0.3, 0.4) is 0 Å². The number of nitrogens with two attached hydrogens (primary N) is 1. The molecule has 2 aromatic rings. The number of hydrogen-bond acceptors (Lipinski definition) is 6. The molecule has 2 aromatic heterocycles. The Morgan fingerprint density at radius 2 is 2.06 bits per heavy atom. The minimum atomic E-state index is 0.436. The summed E-state index contributed by atoms with van der Waals surface area (Å²) < 4.78 is 2.16. The fraction of sp³-hybridized carbons (Fsp3) is 0.455. The van der Waals surface area contributed by atoms with Gasteiger partial charge in [0.05, 0.1) is 12.3 Å². The quantitative estimate of drug-likeness (QED) is 0.814. The van der Waals surface area contributed by atoms with Gasteiger partial charge in [-0.15, -0.1) is 10.2 Å². The molecule has 2 N–H and O–H groups in total. The van der Waals surface area contributed by atoms with Crippen LogP contribution < -0.4 is 5.73 Å². The van der Waals surface area contributed by atoms with Crippen LogP contribution in [-0.4, -0.2) is 24.7 Å². The summed E-state index contributed by atoms with van der Waals surface area (Å²) in [4.78, 5) is 8.39. The normalized spacial score (nSPS) is 14.9. The van der Waals surface area contributed by atoms with Crippen molar-refractivity contribution in [1.82, 2.24) is 24.7 Å². The molecule has 2 heterocycles. The average molecular weight is 262 g/mol. The van der Waals surface area contributed by atoms with Gasteiger partial charge in [-0.2, -0.15) is 0 Å². The number of thioether (sulfide) groups is 1. The Labute approximate surface area is 109 Å². The van der Waals surface area contributed by atoms with Gasteiger partial charge in [-0.25, -0.2) is 9.97 Å².